The summed E-state index contributed by atoms with van der Waals surface area (Å²) < 4.78 is 26.9. The van der Waals surface area contributed by atoms with Crippen LogP contribution in [0.3, 0.4) is 0 Å². The highest BCUT2D eigenvalue weighted by molar-refractivity contribution is 7.89. The van der Waals surface area contributed by atoms with E-state index in [1.54, 1.807) is 6.92 Å². The average molecular weight is 321 g/mol. The van der Waals surface area contributed by atoms with Crippen LogP contribution in [-0.2, 0) is 10.0 Å². The van der Waals surface area contributed by atoms with Crippen LogP contribution in [0.1, 0.15) is 31.2 Å². The number of nitrogen functional groups attached to an aromatic ring is 1. The normalized spacial score (nSPS) is 11.8. The molecule has 0 aliphatic rings. The molecule has 0 spiro atoms. The zero-order valence-corrected chi connectivity index (χ0v) is 13.1. The molecule has 0 aromatic heterocycles. The molecule has 0 bridgehead atoms. The maximum absolute atomic E-state index is 12.2. The fourth-order valence-corrected chi connectivity index (χ4v) is 3.49. The van der Waals surface area contributed by atoms with Crippen molar-refractivity contribution in [2.75, 3.05) is 18.9 Å². The predicted octanol–water partition coefficient (Wildman–Crippen LogP) is 2.06. The molecular weight excluding hydrogens is 300 g/mol. The van der Waals surface area contributed by atoms with Crippen molar-refractivity contribution in [1.82, 2.24) is 4.72 Å². The number of nitrogens with one attached hydrogen (secondary N) is 1. The van der Waals surface area contributed by atoms with Gasteiger partial charge in [-0.3, -0.25) is 0 Å². The lowest BCUT2D eigenvalue weighted by atomic mass is 10.2. The number of halogens is 1. The first-order chi connectivity index (χ1) is 9.38. The first kappa shape index (κ1) is 17.2. The minimum Gasteiger partial charge on any atom is -0.398 e. The summed E-state index contributed by atoms with van der Waals surface area (Å²) in [5.41, 5.74) is 6.59. The Labute approximate surface area is 125 Å². The van der Waals surface area contributed by atoms with E-state index in [2.05, 4.69) is 4.72 Å². The Morgan fingerprint density at radius 1 is 1.25 bits per heavy atom. The summed E-state index contributed by atoms with van der Waals surface area (Å²) in [6, 6.07) is 2.94. The topological polar surface area (TPSA) is 92.4 Å². The molecule has 0 aliphatic heterocycles. The van der Waals surface area contributed by atoms with E-state index in [1.165, 1.54) is 12.1 Å². The number of unbranched alkanes of at least 4 members (excludes halogenated alkanes) is 3. The van der Waals surface area contributed by atoms with Crippen LogP contribution < -0.4 is 10.5 Å². The number of hydrogen-bond donors (Lipinski definition) is 3. The second kappa shape index (κ2) is 7.83. The zero-order valence-electron chi connectivity index (χ0n) is 11.5. The van der Waals surface area contributed by atoms with Gasteiger partial charge in [0.15, 0.2) is 0 Å². The third-order valence-electron chi connectivity index (χ3n) is 3.03. The van der Waals surface area contributed by atoms with Crippen molar-refractivity contribution in [1.29, 1.82) is 0 Å². The summed E-state index contributed by atoms with van der Waals surface area (Å²) in [6.45, 7) is 2.19. The first-order valence-electron chi connectivity index (χ1n) is 6.54. The number of sulfonamides is 1. The predicted molar refractivity (Wildman–Crippen MR) is 81.3 cm³/mol. The van der Waals surface area contributed by atoms with E-state index in [1.807, 2.05) is 0 Å². The fourth-order valence-electron chi connectivity index (χ4n) is 1.83. The third-order valence-corrected chi connectivity index (χ3v) is 4.84. The molecule has 0 amide bonds. The highest BCUT2D eigenvalue weighted by atomic mass is 35.5. The Morgan fingerprint density at radius 3 is 2.55 bits per heavy atom. The lowest BCUT2D eigenvalue weighted by Crippen LogP contribution is -2.25. The number of nitrogens with two attached hydrogens (primary N) is 1. The Kier molecular flexibility index (Phi) is 6.75. The lowest BCUT2D eigenvalue weighted by Gasteiger charge is -2.11. The van der Waals surface area contributed by atoms with Crippen molar-refractivity contribution in [2.45, 2.75) is 37.5 Å². The van der Waals surface area contributed by atoms with Crippen molar-refractivity contribution in [2.24, 2.45) is 0 Å². The van der Waals surface area contributed by atoms with E-state index in [9.17, 15) is 8.42 Å². The van der Waals surface area contributed by atoms with Crippen LogP contribution in [0.2, 0.25) is 5.02 Å². The fraction of sp³-hybridized carbons (Fsp3) is 0.538. The van der Waals surface area contributed by atoms with Gasteiger partial charge in [0.2, 0.25) is 10.0 Å². The number of rotatable bonds is 8. The molecule has 0 heterocycles. The van der Waals surface area contributed by atoms with Gasteiger partial charge in [0.05, 0.1) is 4.90 Å². The molecule has 0 atom stereocenters. The van der Waals surface area contributed by atoms with Gasteiger partial charge in [-0.25, -0.2) is 13.1 Å². The summed E-state index contributed by atoms with van der Waals surface area (Å²) in [7, 11) is -3.59. The summed E-state index contributed by atoms with van der Waals surface area (Å²) in [5.74, 6) is 0. The smallest absolute Gasteiger partial charge is 0.240 e. The minimum atomic E-state index is -3.59. The van der Waals surface area contributed by atoms with Gasteiger partial charge in [0, 0.05) is 23.9 Å². The highest BCUT2D eigenvalue weighted by Crippen LogP contribution is 2.25. The molecule has 1 aromatic carbocycles. The van der Waals surface area contributed by atoms with Crippen molar-refractivity contribution >= 4 is 27.3 Å². The molecule has 1 rings (SSSR count). The Morgan fingerprint density at radius 2 is 1.90 bits per heavy atom. The first-order valence-corrected chi connectivity index (χ1v) is 8.40. The molecule has 0 unspecified atom stereocenters. The molecule has 20 heavy (non-hydrogen) atoms. The van der Waals surface area contributed by atoms with Crippen LogP contribution in [0, 0.1) is 6.92 Å². The van der Waals surface area contributed by atoms with E-state index in [0.717, 1.165) is 25.7 Å². The van der Waals surface area contributed by atoms with Gasteiger partial charge in [-0.2, -0.15) is 0 Å². The number of anilines is 1. The second-order valence-electron chi connectivity index (χ2n) is 4.65. The van der Waals surface area contributed by atoms with E-state index < -0.39 is 10.0 Å². The van der Waals surface area contributed by atoms with Gasteiger partial charge in [-0.1, -0.05) is 24.4 Å². The molecule has 0 radical (unpaired) electrons. The maximum atomic E-state index is 12.2. The molecule has 0 fully saturated rings. The zero-order chi connectivity index (χ0) is 15.2. The van der Waals surface area contributed by atoms with Gasteiger partial charge in [-0.05, 0) is 37.5 Å². The second-order valence-corrected chi connectivity index (χ2v) is 6.83. The maximum Gasteiger partial charge on any atom is 0.240 e. The molecule has 1 aromatic rings. The molecule has 7 heteroatoms. The van der Waals surface area contributed by atoms with Crippen LogP contribution in [-0.4, -0.2) is 26.7 Å². The Balaban J connectivity index is 2.65. The third kappa shape index (κ3) is 4.94. The van der Waals surface area contributed by atoms with E-state index in [0.29, 0.717) is 22.8 Å². The summed E-state index contributed by atoms with van der Waals surface area (Å²) in [5, 5.41) is 8.95. The van der Waals surface area contributed by atoms with Gasteiger partial charge < -0.3 is 10.8 Å². The molecule has 0 saturated heterocycles. The summed E-state index contributed by atoms with van der Waals surface area (Å²) in [6.07, 6.45) is 3.24. The standard InChI is InChI=1S/C13H21ClN2O3S/c1-10-12(15)8-11(14)9-13(10)20(18,19)16-6-4-2-3-5-7-17/h8-9,16-17H,2-7,15H2,1H3. The van der Waals surface area contributed by atoms with Gasteiger partial charge in [-0.15, -0.1) is 0 Å². The van der Waals surface area contributed by atoms with E-state index in [4.69, 9.17) is 22.4 Å². The molecule has 4 N–H and O–H groups in total. The highest BCUT2D eigenvalue weighted by Gasteiger charge is 2.18. The molecular formula is C13H21ClN2O3S. The summed E-state index contributed by atoms with van der Waals surface area (Å²) in [4.78, 5) is 0.123. The van der Waals surface area contributed by atoms with Crippen LogP contribution in [0.25, 0.3) is 0 Å². The van der Waals surface area contributed by atoms with Crippen molar-refractivity contribution in [3.05, 3.63) is 22.7 Å². The van der Waals surface area contributed by atoms with Gasteiger partial charge >= 0.3 is 0 Å². The van der Waals surface area contributed by atoms with Crippen molar-refractivity contribution in [3.8, 4) is 0 Å². The van der Waals surface area contributed by atoms with Crippen LogP contribution >= 0.6 is 11.6 Å². The minimum absolute atomic E-state index is 0.123. The Bertz CT molecular complexity index is 547. The van der Waals surface area contributed by atoms with E-state index >= 15 is 0 Å². The molecule has 0 aliphatic carbocycles. The lowest BCUT2D eigenvalue weighted by molar-refractivity contribution is 0.282. The molecule has 5 nitrogen and oxygen atoms in total. The SMILES string of the molecule is Cc1c(N)cc(Cl)cc1S(=O)(=O)NCCCCCCO. The Hall–Kier alpha value is -0.820. The van der Waals surface area contributed by atoms with E-state index in [-0.39, 0.29) is 11.5 Å². The largest absolute Gasteiger partial charge is 0.398 e. The van der Waals surface area contributed by atoms with Crippen LogP contribution in [0.15, 0.2) is 17.0 Å². The van der Waals surface area contributed by atoms with Gasteiger partial charge in [0.1, 0.15) is 0 Å². The number of aliphatic hydroxyl groups is 1. The molecule has 114 valence electrons. The monoisotopic (exact) mass is 320 g/mol. The summed E-state index contributed by atoms with van der Waals surface area (Å²) >= 11 is 5.85. The number of hydrogen-bond acceptors (Lipinski definition) is 4. The average Bonchev–Trinajstić information content (AvgIpc) is 2.37. The van der Waals surface area contributed by atoms with Crippen LogP contribution in [0.5, 0.6) is 0 Å². The van der Waals surface area contributed by atoms with Crippen molar-refractivity contribution in [3.63, 3.8) is 0 Å². The van der Waals surface area contributed by atoms with Crippen molar-refractivity contribution < 1.29 is 13.5 Å². The van der Waals surface area contributed by atoms with Crippen LogP contribution in [0.4, 0.5) is 5.69 Å². The molecule has 0 saturated carbocycles. The quantitative estimate of drug-likeness (QED) is 0.505. The number of benzene rings is 1. The van der Waals surface area contributed by atoms with Gasteiger partial charge in [0.25, 0.3) is 0 Å². The number of aliphatic hydroxyl groups excluding tert-OH is 1.